The fraction of sp³-hybridized carbons (Fsp3) is 0.300. The number of nitrogens with zero attached hydrogens (tertiary/aromatic N) is 2. The molecular weight excluding hydrogens is 396 g/mol. The third kappa shape index (κ3) is 2.51. The lowest BCUT2D eigenvalue weighted by Crippen LogP contribution is -2.49. The summed E-state index contributed by atoms with van der Waals surface area (Å²) in [6.07, 6.45) is 2.66. The minimum Gasteiger partial charge on any atom is -0.443 e. The molecule has 3 heterocycles. The number of ether oxygens (including phenoxy) is 2. The number of carbonyl (C=O) groups excluding carboxylic acids is 1. The van der Waals surface area contributed by atoms with Gasteiger partial charge in [-0.15, -0.1) is 0 Å². The van der Waals surface area contributed by atoms with Gasteiger partial charge in [-0.3, -0.25) is 4.79 Å². The molecule has 4 rings (SSSR count). The number of hydrogen-bond acceptors (Lipinski definition) is 4. The summed E-state index contributed by atoms with van der Waals surface area (Å²) in [4.78, 5) is 16.4. The van der Waals surface area contributed by atoms with E-state index in [1.807, 2.05) is 60.8 Å². The van der Waals surface area contributed by atoms with Crippen LogP contribution >= 0.6 is 15.9 Å². The molecule has 26 heavy (non-hydrogen) atoms. The number of benzene rings is 1. The number of carbonyl (C=O) groups is 1. The highest BCUT2D eigenvalue weighted by Gasteiger charge is 2.49. The van der Waals surface area contributed by atoms with Gasteiger partial charge in [0, 0.05) is 29.9 Å². The molecule has 1 aliphatic rings. The fourth-order valence-electron chi connectivity index (χ4n) is 3.44. The van der Waals surface area contributed by atoms with Gasteiger partial charge in [0.25, 0.3) is 5.79 Å². The zero-order valence-electron chi connectivity index (χ0n) is 14.8. The Labute approximate surface area is 160 Å². The smallest absolute Gasteiger partial charge is 0.306 e. The summed E-state index contributed by atoms with van der Waals surface area (Å²) in [6.45, 7) is 5.39. The second kappa shape index (κ2) is 6.13. The normalized spacial score (nSPS) is 21.9. The highest BCUT2D eigenvalue weighted by molar-refractivity contribution is 9.09. The van der Waals surface area contributed by atoms with E-state index in [9.17, 15) is 4.79 Å². The molecule has 0 amide bonds. The van der Waals surface area contributed by atoms with Crippen molar-refractivity contribution in [2.75, 3.05) is 0 Å². The van der Waals surface area contributed by atoms with Crippen molar-refractivity contribution in [2.45, 2.75) is 37.8 Å². The van der Waals surface area contributed by atoms with Crippen LogP contribution in [0.4, 0.5) is 0 Å². The third-order valence-electron chi connectivity index (χ3n) is 4.84. The predicted molar refractivity (Wildman–Crippen MR) is 102 cm³/mol. The van der Waals surface area contributed by atoms with Gasteiger partial charge in [-0.2, -0.15) is 0 Å². The van der Waals surface area contributed by atoms with Gasteiger partial charge in [0.05, 0.1) is 5.69 Å². The Hall–Kier alpha value is -2.34. The largest absolute Gasteiger partial charge is 0.443 e. The maximum absolute atomic E-state index is 11.9. The Morgan fingerprint density at radius 1 is 1.31 bits per heavy atom. The Kier molecular flexibility index (Phi) is 4.03. The van der Waals surface area contributed by atoms with Gasteiger partial charge in [0.2, 0.25) is 0 Å². The van der Waals surface area contributed by atoms with Gasteiger partial charge in [-0.25, -0.2) is 4.98 Å². The number of pyridine rings is 1. The molecule has 2 atom stereocenters. The van der Waals surface area contributed by atoms with Crippen LogP contribution < -0.4 is 4.74 Å². The van der Waals surface area contributed by atoms with Gasteiger partial charge in [0.15, 0.2) is 11.4 Å². The molecule has 1 aromatic carbocycles. The summed E-state index contributed by atoms with van der Waals surface area (Å²) >= 11 is 3.70. The minimum atomic E-state index is -1.24. The molecule has 1 aliphatic heterocycles. The van der Waals surface area contributed by atoms with Crippen LogP contribution in [0.25, 0.3) is 5.65 Å². The zero-order chi connectivity index (χ0) is 18.5. The van der Waals surface area contributed by atoms with Gasteiger partial charge in [-0.1, -0.05) is 46.3 Å². The van der Waals surface area contributed by atoms with Crippen molar-refractivity contribution >= 4 is 27.5 Å². The highest BCUT2D eigenvalue weighted by Crippen LogP contribution is 2.45. The number of hydrogen-bond donors (Lipinski definition) is 0. The summed E-state index contributed by atoms with van der Waals surface area (Å²) in [6, 6.07) is 11.6. The van der Waals surface area contributed by atoms with E-state index in [2.05, 4.69) is 20.9 Å². The predicted octanol–water partition coefficient (Wildman–Crippen LogP) is 4.07. The van der Waals surface area contributed by atoms with E-state index >= 15 is 0 Å². The van der Waals surface area contributed by atoms with E-state index in [-0.39, 0.29) is 4.83 Å². The number of rotatable bonds is 2. The molecular formula is C20H19BrN2O3. The molecule has 0 bridgehead atoms. The average molecular weight is 415 g/mol. The Balaban J connectivity index is 1.94. The fourth-order valence-corrected chi connectivity index (χ4v) is 4.24. The molecule has 0 aliphatic carbocycles. The molecule has 134 valence electrons. The first-order chi connectivity index (χ1) is 12.4. The zero-order valence-corrected chi connectivity index (χ0v) is 16.4. The molecule has 6 heteroatoms. The van der Waals surface area contributed by atoms with E-state index in [4.69, 9.17) is 9.47 Å². The molecule has 0 spiro atoms. The lowest BCUT2D eigenvalue weighted by Gasteiger charge is -2.41. The van der Waals surface area contributed by atoms with Crippen LogP contribution in [-0.4, -0.2) is 20.2 Å². The second-order valence-corrected chi connectivity index (χ2v) is 7.65. The molecule has 2 unspecified atom stereocenters. The number of aromatic nitrogens is 2. The van der Waals surface area contributed by atoms with Crippen molar-refractivity contribution in [3.05, 3.63) is 65.1 Å². The van der Waals surface area contributed by atoms with Crippen molar-refractivity contribution in [1.82, 2.24) is 9.38 Å². The van der Waals surface area contributed by atoms with E-state index < -0.39 is 11.8 Å². The summed E-state index contributed by atoms with van der Waals surface area (Å²) in [5.74, 6) is -0.982. The maximum Gasteiger partial charge on any atom is 0.306 e. The standard InChI is InChI=1S/C20H19BrN2O3/c1-12-13(2)23-10-9-15-11-17(21)20(25-14(3)24,16-7-5-4-6-8-16)26-18(15)19(23)22-12/h4-10,17H,11H2,1-3H3. The van der Waals surface area contributed by atoms with Crippen molar-refractivity contribution in [3.63, 3.8) is 0 Å². The molecule has 5 nitrogen and oxygen atoms in total. The highest BCUT2D eigenvalue weighted by atomic mass is 79.9. The molecule has 0 N–H and O–H groups in total. The van der Waals surface area contributed by atoms with E-state index in [1.54, 1.807) is 0 Å². The lowest BCUT2D eigenvalue weighted by atomic mass is 9.94. The first-order valence-corrected chi connectivity index (χ1v) is 9.39. The minimum absolute atomic E-state index is 0.228. The summed E-state index contributed by atoms with van der Waals surface area (Å²) in [7, 11) is 0. The number of aryl methyl sites for hydroxylation is 2. The Morgan fingerprint density at radius 2 is 2.04 bits per heavy atom. The monoisotopic (exact) mass is 414 g/mol. The summed E-state index contributed by atoms with van der Waals surface area (Å²) in [5, 5.41) is 0. The molecule has 0 radical (unpaired) electrons. The molecule has 3 aromatic rings. The van der Waals surface area contributed by atoms with Gasteiger partial charge in [-0.05, 0) is 26.3 Å². The topological polar surface area (TPSA) is 52.8 Å². The van der Waals surface area contributed by atoms with E-state index in [0.717, 1.165) is 28.2 Å². The van der Waals surface area contributed by atoms with Crippen molar-refractivity contribution in [3.8, 4) is 5.75 Å². The van der Waals surface area contributed by atoms with Gasteiger partial charge >= 0.3 is 5.97 Å². The number of fused-ring (bicyclic) bond motifs is 3. The summed E-state index contributed by atoms with van der Waals surface area (Å²) in [5.41, 5.74) is 4.56. The van der Waals surface area contributed by atoms with Crippen LogP contribution in [0.1, 0.15) is 29.4 Å². The number of esters is 1. The number of imidazole rings is 1. The number of alkyl halides is 1. The van der Waals surface area contributed by atoms with E-state index in [0.29, 0.717) is 12.2 Å². The Bertz CT molecular complexity index is 999. The van der Waals surface area contributed by atoms with Crippen LogP contribution in [0.3, 0.4) is 0 Å². The van der Waals surface area contributed by atoms with Gasteiger partial charge < -0.3 is 13.9 Å². The third-order valence-corrected chi connectivity index (χ3v) is 5.77. The second-order valence-electron chi connectivity index (χ2n) is 6.55. The quantitative estimate of drug-likeness (QED) is 0.468. The Morgan fingerprint density at radius 3 is 2.73 bits per heavy atom. The van der Waals surface area contributed by atoms with Crippen LogP contribution in [0.5, 0.6) is 5.75 Å². The van der Waals surface area contributed by atoms with Crippen molar-refractivity contribution in [2.24, 2.45) is 0 Å². The first kappa shape index (κ1) is 17.1. The van der Waals surface area contributed by atoms with Crippen LogP contribution in [0.2, 0.25) is 0 Å². The lowest BCUT2D eigenvalue weighted by molar-refractivity contribution is -0.203. The van der Waals surface area contributed by atoms with Gasteiger partial charge in [0.1, 0.15) is 4.83 Å². The van der Waals surface area contributed by atoms with Crippen LogP contribution in [-0.2, 0) is 21.7 Å². The molecule has 0 fully saturated rings. The first-order valence-electron chi connectivity index (χ1n) is 8.47. The SMILES string of the molecule is CC(=O)OC1(c2ccccc2)Oc2c(ccn3c(C)c(C)nc23)CC1Br. The average Bonchev–Trinajstić information content (AvgIpc) is 2.91. The number of halogens is 1. The van der Waals surface area contributed by atoms with Crippen LogP contribution in [0, 0.1) is 13.8 Å². The van der Waals surface area contributed by atoms with E-state index in [1.165, 1.54) is 6.92 Å². The van der Waals surface area contributed by atoms with Crippen LogP contribution in [0.15, 0.2) is 42.6 Å². The maximum atomic E-state index is 11.9. The summed E-state index contributed by atoms with van der Waals surface area (Å²) < 4.78 is 14.2. The molecule has 0 saturated carbocycles. The molecule has 2 aromatic heterocycles. The van der Waals surface area contributed by atoms with Crippen molar-refractivity contribution in [1.29, 1.82) is 0 Å². The molecule has 0 saturated heterocycles. The van der Waals surface area contributed by atoms with Crippen molar-refractivity contribution < 1.29 is 14.3 Å².